The van der Waals surface area contributed by atoms with Crippen LogP contribution in [0.15, 0.2) is 0 Å². The first-order valence-corrected chi connectivity index (χ1v) is 7.35. The van der Waals surface area contributed by atoms with Crippen LogP contribution in [0.4, 0.5) is 4.79 Å². The topological polar surface area (TPSA) is 60.9 Å². The third-order valence-electron chi connectivity index (χ3n) is 4.27. The predicted molar refractivity (Wildman–Crippen MR) is 71.9 cm³/mol. The van der Waals surface area contributed by atoms with E-state index < -0.39 is 5.97 Å². The maximum atomic E-state index is 12.2. The first kappa shape index (κ1) is 14.2. The van der Waals surface area contributed by atoms with Gasteiger partial charge in [-0.15, -0.1) is 0 Å². The van der Waals surface area contributed by atoms with E-state index in [2.05, 4.69) is 6.92 Å². The summed E-state index contributed by atoms with van der Waals surface area (Å²) in [6.45, 7) is 5.16. The van der Waals surface area contributed by atoms with Crippen molar-refractivity contribution < 1.29 is 14.7 Å². The fourth-order valence-electron chi connectivity index (χ4n) is 3.12. The summed E-state index contributed by atoms with van der Waals surface area (Å²) >= 11 is 0. The molecule has 0 aromatic heterocycles. The highest BCUT2D eigenvalue weighted by Gasteiger charge is 2.35. The normalized spacial score (nSPS) is 21.3. The van der Waals surface area contributed by atoms with Crippen molar-refractivity contribution in [3.05, 3.63) is 0 Å². The van der Waals surface area contributed by atoms with E-state index in [0.29, 0.717) is 13.1 Å². The van der Waals surface area contributed by atoms with Crippen molar-refractivity contribution in [2.24, 2.45) is 11.8 Å². The molecule has 0 spiro atoms. The number of rotatable bonds is 4. The second kappa shape index (κ2) is 6.26. The minimum absolute atomic E-state index is 0.108. The van der Waals surface area contributed by atoms with Gasteiger partial charge in [0.05, 0.1) is 6.42 Å². The molecule has 19 heavy (non-hydrogen) atoms. The molecule has 1 N–H and O–H groups in total. The Kier molecular flexibility index (Phi) is 4.66. The highest BCUT2D eigenvalue weighted by Crippen LogP contribution is 2.25. The minimum Gasteiger partial charge on any atom is -0.481 e. The summed E-state index contributed by atoms with van der Waals surface area (Å²) in [5, 5.41) is 8.69. The molecule has 0 aromatic rings. The fraction of sp³-hybridized carbons (Fsp3) is 0.857. The third-order valence-corrected chi connectivity index (χ3v) is 4.27. The molecule has 0 unspecified atom stereocenters. The Morgan fingerprint density at radius 3 is 2.26 bits per heavy atom. The van der Waals surface area contributed by atoms with Gasteiger partial charge in [0, 0.05) is 32.1 Å². The average molecular weight is 268 g/mol. The molecular weight excluding hydrogens is 244 g/mol. The van der Waals surface area contributed by atoms with Crippen LogP contribution in [0.25, 0.3) is 0 Å². The van der Waals surface area contributed by atoms with Crippen molar-refractivity contribution in [2.75, 3.05) is 26.2 Å². The Balaban J connectivity index is 1.70. The van der Waals surface area contributed by atoms with Gasteiger partial charge < -0.3 is 14.9 Å². The van der Waals surface area contributed by atoms with Crippen molar-refractivity contribution >= 4 is 12.0 Å². The summed E-state index contributed by atoms with van der Waals surface area (Å²) in [6.07, 6.45) is 4.91. The Labute approximate surface area is 114 Å². The lowest BCUT2D eigenvalue weighted by atomic mass is 9.92. The van der Waals surface area contributed by atoms with Gasteiger partial charge in [0.15, 0.2) is 0 Å². The molecule has 0 bridgehead atoms. The zero-order valence-corrected chi connectivity index (χ0v) is 11.7. The number of carbonyl (C=O) groups excluding carboxylic acids is 1. The van der Waals surface area contributed by atoms with Crippen LogP contribution in [0.5, 0.6) is 0 Å². The van der Waals surface area contributed by atoms with Gasteiger partial charge in [-0.1, -0.05) is 19.8 Å². The first-order chi connectivity index (χ1) is 9.10. The lowest BCUT2D eigenvalue weighted by Gasteiger charge is -2.43. The summed E-state index contributed by atoms with van der Waals surface area (Å²) in [6, 6.07) is 0.108. The SMILES string of the molecule is CCCC1CCN(C(=O)N2CC(CC(=O)O)C2)CC1. The Hall–Kier alpha value is -1.26. The van der Waals surface area contributed by atoms with Crippen molar-refractivity contribution in [1.82, 2.24) is 9.80 Å². The molecule has 2 amide bonds. The molecule has 5 heteroatoms. The standard InChI is InChI=1S/C14H24N2O3/c1-2-3-11-4-6-15(7-5-11)14(19)16-9-12(10-16)8-13(17)18/h11-12H,2-10H2,1H3,(H,17,18). The van der Waals surface area contributed by atoms with E-state index in [1.54, 1.807) is 4.90 Å². The second-order valence-corrected chi connectivity index (χ2v) is 5.87. The number of urea groups is 1. The average Bonchev–Trinajstić information content (AvgIpc) is 2.33. The van der Waals surface area contributed by atoms with Gasteiger partial charge in [-0.3, -0.25) is 4.79 Å². The second-order valence-electron chi connectivity index (χ2n) is 5.87. The van der Waals surface area contributed by atoms with Gasteiger partial charge in [-0.25, -0.2) is 4.79 Å². The first-order valence-electron chi connectivity index (χ1n) is 7.35. The van der Waals surface area contributed by atoms with Crippen molar-refractivity contribution in [2.45, 2.75) is 39.0 Å². The van der Waals surface area contributed by atoms with Crippen molar-refractivity contribution in [1.29, 1.82) is 0 Å². The van der Waals surface area contributed by atoms with Gasteiger partial charge >= 0.3 is 12.0 Å². The van der Waals surface area contributed by atoms with Crippen LogP contribution in [0.3, 0.4) is 0 Å². The molecule has 0 atom stereocenters. The van der Waals surface area contributed by atoms with E-state index in [9.17, 15) is 9.59 Å². The van der Waals surface area contributed by atoms with Crippen molar-refractivity contribution in [3.8, 4) is 0 Å². The summed E-state index contributed by atoms with van der Waals surface area (Å²) in [4.78, 5) is 26.5. The minimum atomic E-state index is -0.766. The van der Waals surface area contributed by atoms with Crippen LogP contribution in [-0.2, 0) is 4.79 Å². The van der Waals surface area contributed by atoms with Gasteiger partial charge in [0.25, 0.3) is 0 Å². The molecule has 0 radical (unpaired) electrons. The number of carboxylic acid groups (broad SMARTS) is 1. The van der Waals surface area contributed by atoms with E-state index in [-0.39, 0.29) is 18.4 Å². The number of carboxylic acids is 1. The molecule has 0 aromatic carbocycles. The quantitative estimate of drug-likeness (QED) is 0.848. The smallest absolute Gasteiger partial charge is 0.320 e. The Bertz CT molecular complexity index is 332. The number of aliphatic carboxylic acids is 1. The molecule has 0 saturated carbocycles. The highest BCUT2D eigenvalue weighted by atomic mass is 16.4. The van der Waals surface area contributed by atoms with Gasteiger partial charge in [0.1, 0.15) is 0 Å². The maximum absolute atomic E-state index is 12.2. The van der Waals surface area contributed by atoms with Crippen molar-refractivity contribution in [3.63, 3.8) is 0 Å². The molecule has 0 aliphatic carbocycles. The Morgan fingerprint density at radius 1 is 1.11 bits per heavy atom. The van der Waals surface area contributed by atoms with Gasteiger partial charge in [-0.2, -0.15) is 0 Å². The van der Waals surface area contributed by atoms with Crippen LogP contribution >= 0.6 is 0 Å². The monoisotopic (exact) mass is 268 g/mol. The number of hydrogen-bond acceptors (Lipinski definition) is 2. The zero-order chi connectivity index (χ0) is 13.8. The van der Waals surface area contributed by atoms with E-state index in [1.165, 1.54) is 12.8 Å². The Morgan fingerprint density at radius 2 is 1.74 bits per heavy atom. The predicted octanol–water partition coefficient (Wildman–Crippen LogP) is 2.03. The number of hydrogen-bond donors (Lipinski definition) is 1. The van der Waals surface area contributed by atoms with Crippen LogP contribution in [-0.4, -0.2) is 53.1 Å². The fourth-order valence-corrected chi connectivity index (χ4v) is 3.12. The number of carbonyl (C=O) groups is 2. The van der Waals surface area contributed by atoms with E-state index in [1.807, 2.05) is 4.90 Å². The number of amides is 2. The molecule has 108 valence electrons. The van der Waals surface area contributed by atoms with E-state index >= 15 is 0 Å². The molecule has 2 heterocycles. The van der Waals surface area contributed by atoms with Crippen LogP contribution < -0.4 is 0 Å². The largest absolute Gasteiger partial charge is 0.481 e. The molecule has 2 rings (SSSR count). The van der Waals surface area contributed by atoms with Crippen LogP contribution in [0.2, 0.25) is 0 Å². The van der Waals surface area contributed by atoms with Crippen LogP contribution in [0, 0.1) is 11.8 Å². The molecule has 2 saturated heterocycles. The molecular formula is C14H24N2O3. The summed E-state index contributed by atoms with van der Waals surface area (Å²) < 4.78 is 0. The molecule has 2 aliphatic rings. The number of piperidine rings is 1. The third kappa shape index (κ3) is 3.61. The summed E-state index contributed by atoms with van der Waals surface area (Å²) in [7, 11) is 0. The molecule has 2 aliphatic heterocycles. The highest BCUT2D eigenvalue weighted by molar-refractivity contribution is 5.76. The molecule has 5 nitrogen and oxygen atoms in total. The molecule has 2 fully saturated rings. The summed E-state index contributed by atoms with van der Waals surface area (Å²) in [5.41, 5.74) is 0. The lowest BCUT2D eigenvalue weighted by molar-refractivity contribution is -0.139. The van der Waals surface area contributed by atoms with Crippen LogP contribution in [0.1, 0.15) is 39.0 Å². The van der Waals surface area contributed by atoms with E-state index in [0.717, 1.165) is 31.8 Å². The lowest BCUT2D eigenvalue weighted by Crippen LogP contribution is -2.56. The van der Waals surface area contributed by atoms with Gasteiger partial charge in [0.2, 0.25) is 0 Å². The number of nitrogens with zero attached hydrogens (tertiary/aromatic N) is 2. The maximum Gasteiger partial charge on any atom is 0.320 e. The van der Waals surface area contributed by atoms with E-state index in [4.69, 9.17) is 5.11 Å². The van der Waals surface area contributed by atoms with Gasteiger partial charge in [-0.05, 0) is 18.8 Å². The summed E-state index contributed by atoms with van der Waals surface area (Å²) in [5.74, 6) is 0.168. The number of likely N-dealkylation sites (tertiary alicyclic amines) is 2. The zero-order valence-electron chi connectivity index (χ0n) is 11.7.